The maximum absolute atomic E-state index is 12.7. The van der Waals surface area contributed by atoms with Crippen LogP contribution in [0, 0.1) is 0 Å². The number of nitrogens with one attached hydrogen (secondary N) is 1. The first-order chi connectivity index (χ1) is 13.2. The van der Waals surface area contributed by atoms with E-state index in [1.54, 1.807) is 0 Å². The third kappa shape index (κ3) is 3.19. The molecule has 0 bridgehead atoms. The molecule has 1 spiro atoms. The van der Waals surface area contributed by atoms with E-state index >= 15 is 0 Å². The van der Waals surface area contributed by atoms with E-state index in [4.69, 9.17) is 9.72 Å². The van der Waals surface area contributed by atoms with Crippen molar-refractivity contribution in [3.05, 3.63) is 38.8 Å². The SMILES string of the molecule is O=c1[nH]c(N2CCOCC2)nc2c1CCC21CCN(Cc2cnsc2)CC1. The molecule has 2 aliphatic heterocycles. The summed E-state index contributed by atoms with van der Waals surface area (Å²) in [5.74, 6) is 0.732. The van der Waals surface area contributed by atoms with E-state index in [-0.39, 0.29) is 11.0 Å². The molecule has 0 saturated carbocycles. The highest BCUT2D eigenvalue weighted by atomic mass is 32.1. The van der Waals surface area contributed by atoms with Crippen LogP contribution in [0.2, 0.25) is 0 Å². The van der Waals surface area contributed by atoms with Gasteiger partial charge in [0.15, 0.2) is 0 Å². The van der Waals surface area contributed by atoms with Gasteiger partial charge in [-0.3, -0.25) is 14.7 Å². The van der Waals surface area contributed by atoms with Crippen molar-refractivity contribution >= 4 is 17.5 Å². The summed E-state index contributed by atoms with van der Waals surface area (Å²) in [4.78, 5) is 25.4. The summed E-state index contributed by atoms with van der Waals surface area (Å²) in [5, 5.41) is 2.13. The van der Waals surface area contributed by atoms with E-state index in [2.05, 4.69) is 24.5 Å². The summed E-state index contributed by atoms with van der Waals surface area (Å²) in [6.45, 7) is 6.04. The number of fused-ring (bicyclic) bond motifs is 2. The summed E-state index contributed by atoms with van der Waals surface area (Å²) in [5.41, 5.74) is 3.43. The van der Waals surface area contributed by atoms with Gasteiger partial charge >= 0.3 is 0 Å². The molecular weight excluding hydrogens is 362 g/mol. The Morgan fingerprint density at radius 1 is 1.19 bits per heavy atom. The van der Waals surface area contributed by atoms with Crippen molar-refractivity contribution in [2.75, 3.05) is 44.3 Å². The minimum absolute atomic E-state index is 0.0603. The summed E-state index contributed by atoms with van der Waals surface area (Å²) in [6, 6.07) is 0. The monoisotopic (exact) mass is 387 g/mol. The Bertz CT molecular complexity index is 851. The van der Waals surface area contributed by atoms with Crippen molar-refractivity contribution < 1.29 is 4.74 Å². The molecule has 2 aromatic rings. The molecule has 4 heterocycles. The van der Waals surface area contributed by atoms with Crippen LogP contribution in [-0.4, -0.2) is 58.6 Å². The van der Waals surface area contributed by atoms with Crippen LogP contribution in [0.25, 0.3) is 0 Å². The van der Waals surface area contributed by atoms with Gasteiger partial charge in [-0.2, -0.15) is 0 Å². The lowest BCUT2D eigenvalue weighted by Crippen LogP contribution is -2.43. The van der Waals surface area contributed by atoms with Gasteiger partial charge in [0.2, 0.25) is 5.95 Å². The van der Waals surface area contributed by atoms with Crippen LogP contribution in [0.15, 0.2) is 16.4 Å². The second kappa shape index (κ2) is 7.00. The van der Waals surface area contributed by atoms with Gasteiger partial charge in [-0.1, -0.05) is 0 Å². The molecule has 2 saturated heterocycles. The van der Waals surface area contributed by atoms with Gasteiger partial charge in [-0.05, 0) is 55.9 Å². The minimum Gasteiger partial charge on any atom is -0.378 e. The number of aromatic nitrogens is 3. The lowest BCUT2D eigenvalue weighted by atomic mass is 9.76. The molecule has 1 aliphatic carbocycles. The van der Waals surface area contributed by atoms with Crippen LogP contribution in [0.1, 0.15) is 36.1 Å². The molecule has 5 rings (SSSR count). The van der Waals surface area contributed by atoms with Gasteiger partial charge < -0.3 is 9.64 Å². The van der Waals surface area contributed by atoms with E-state index in [9.17, 15) is 4.79 Å². The molecule has 144 valence electrons. The molecule has 2 fully saturated rings. The fourth-order valence-electron chi connectivity index (χ4n) is 4.75. The van der Waals surface area contributed by atoms with Crippen LogP contribution in [0.5, 0.6) is 0 Å². The van der Waals surface area contributed by atoms with E-state index in [1.807, 2.05) is 6.20 Å². The van der Waals surface area contributed by atoms with Gasteiger partial charge in [0.25, 0.3) is 5.56 Å². The zero-order chi connectivity index (χ0) is 18.3. The predicted molar refractivity (Wildman–Crippen MR) is 105 cm³/mol. The van der Waals surface area contributed by atoms with E-state index in [1.165, 1.54) is 17.1 Å². The first-order valence-electron chi connectivity index (χ1n) is 9.81. The molecule has 1 N–H and O–H groups in total. The van der Waals surface area contributed by atoms with Gasteiger partial charge in [0.1, 0.15) is 0 Å². The van der Waals surface area contributed by atoms with Crippen molar-refractivity contribution in [2.24, 2.45) is 0 Å². The van der Waals surface area contributed by atoms with Crippen molar-refractivity contribution in [2.45, 2.75) is 37.6 Å². The molecule has 0 atom stereocenters. The third-order valence-corrected chi connectivity index (χ3v) is 7.01. The maximum Gasteiger partial charge on any atom is 0.255 e. The van der Waals surface area contributed by atoms with Crippen LogP contribution in [0.3, 0.4) is 0 Å². The Balaban J connectivity index is 1.37. The van der Waals surface area contributed by atoms with Crippen molar-refractivity contribution in [3.8, 4) is 0 Å². The standard InChI is InChI=1S/C19H25N5O2S/c25-17-15-1-2-19(3-5-23(6-4-19)12-14-11-20-27-13-14)16(15)21-18(22-17)24-7-9-26-10-8-24/h11,13H,1-10,12H2,(H,21,22,25). The molecule has 0 unspecified atom stereocenters. The molecule has 27 heavy (non-hydrogen) atoms. The summed E-state index contributed by atoms with van der Waals surface area (Å²) < 4.78 is 9.64. The zero-order valence-electron chi connectivity index (χ0n) is 15.4. The number of aromatic amines is 1. The number of morpholine rings is 1. The number of hydrogen-bond acceptors (Lipinski definition) is 7. The smallest absolute Gasteiger partial charge is 0.255 e. The molecule has 2 aromatic heterocycles. The molecule has 0 amide bonds. The summed E-state index contributed by atoms with van der Waals surface area (Å²) in [6.07, 6.45) is 6.04. The Labute approximate surface area is 162 Å². The van der Waals surface area contributed by atoms with Crippen molar-refractivity contribution in [1.82, 2.24) is 19.2 Å². The number of hydrogen-bond donors (Lipinski definition) is 1. The Kier molecular flexibility index (Phi) is 4.49. The van der Waals surface area contributed by atoms with E-state index < -0.39 is 0 Å². The first-order valence-corrected chi connectivity index (χ1v) is 10.6. The molecule has 0 aromatic carbocycles. The lowest BCUT2D eigenvalue weighted by molar-refractivity contribution is 0.122. The largest absolute Gasteiger partial charge is 0.378 e. The normalized spacial score (nSPS) is 22.3. The summed E-state index contributed by atoms with van der Waals surface area (Å²) in [7, 11) is 0. The number of rotatable bonds is 3. The number of anilines is 1. The van der Waals surface area contributed by atoms with Crippen LogP contribution in [-0.2, 0) is 23.1 Å². The quantitative estimate of drug-likeness (QED) is 0.861. The molecular formula is C19H25N5O2S. The van der Waals surface area contributed by atoms with Gasteiger partial charge in [0, 0.05) is 42.2 Å². The third-order valence-electron chi connectivity index (χ3n) is 6.37. The summed E-state index contributed by atoms with van der Waals surface area (Å²) >= 11 is 1.52. The number of nitrogens with zero attached hydrogens (tertiary/aromatic N) is 4. The molecule has 3 aliphatic rings. The molecule has 7 nitrogen and oxygen atoms in total. The highest BCUT2D eigenvalue weighted by molar-refractivity contribution is 7.03. The Morgan fingerprint density at radius 2 is 2.00 bits per heavy atom. The number of likely N-dealkylation sites (tertiary alicyclic amines) is 1. The second-order valence-corrected chi connectivity index (χ2v) is 8.56. The average Bonchev–Trinajstić information content (AvgIpc) is 3.33. The first kappa shape index (κ1) is 17.3. The van der Waals surface area contributed by atoms with Crippen LogP contribution in [0.4, 0.5) is 5.95 Å². The Hall–Kier alpha value is -1.77. The van der Waals surface area contributed by atoms with Gasteiger partial charge in [0.05, 0.1) is 18.9 Å². The highest BCUT2D eigenvalue weighted by Crippen LogP contribution is 2.44. The number of piperidine rings is 1. The minimum atomic E-state index is 0.0603. The zero-order valence-corrected chi connectivity index (χ0v) is 16.3. The van der Waals surface area contributed by atoms with E-state index in [0.29, 0.717) is 13.2 Å². The van der Waals surface area contributed by atoms with Gasteiger partial charge in [-0.25, -0.2) is 9.36 Å². The fraction of sp³-hybridized carbons (Fsp3) is 0.632. The second-order valence-electron chi connectivity index (χ2n) is 7.91. The van der Waals surface area contributed by atoms with E-state index in [0.717, 1.165) is 75.6 Å². The highest BCUT2D eigenvalue weighted by Gasteiger charge is 2.44. The maximum atomic E-state index is 12.7. The molecule has 8 heteroatoms. The average molecular weight is 388 g/mol. The van der Waals surface area contributed by atoms with Gasteiger partial charge in [-0.15, -0.1) is 0 Å². The fourth-order valence-corrected chi connectivity index (χ4v) is 5.28. The van der Waals surface area contributed by atoms with Crippen molar-refractivity contribution in [1.29, 1.82) is 0 Å². The number of ether oxygens (including phenoxy) is 1. The number of H-pyrrole nitrogens is 1. The Morgan fingerprint density at radius 3 is 2.74 bits per heavy atom. The topological polar surface area (TPSA) is 74.3 Å². The van der Waals surface area contributed by atoms with Crippen LogP contribution < -0.4 is 10.5 Å². The molecule has 0 radical (unpaired) electrons. The van der Waals surface area contributed by atoms with Crippen molar-refractivity contribution in [3.63, 3.8) is 0 Å². The lowest BCUT2D eigenvalue weighted by Gasteiger charge is -2.39. The predicted octanol–water partition coefficient (Wildman–Crippen LogP) is 1.54. The van der Waals surface area contributed by atoms with Crippen LogP contribution >= 0.6 is 11.5 Å².